The van der Waals surface area contributed by atoms with E-state index in [1.165, 1.54) is 6.92 Å². The molecular formula is C16H32O9S3-2. The van der Waals surface area contributed by atoms with E-state index in [4.69, 9.17) is 4.55 Å². The van der Waals surface area contributed by atoms with Gasteiger partial charge in [-0.3, -0.25) is 4.55 Å². The Bertz CT molecular complexity index is 691. The minimum Gasteiger partial charge on any atom is -0.748 e. The van der Waals surface area contributed by atoms with Crippen LogP contribution in [0, 0.1) is 11.8 Å². The molecule has 0 spiro atoms. The molecule has 2 fully saturated rings. The second kappa shape index (κ2) is 11.8. The molecule has 2 aliphatic carbocycles. The van der Waals surface area contributed by atoms with Gasteiger partial charge in [-0.05, 0) is 70.1 Å². The summed E-state index contributed by atoms with van der Waals surface area (Å²) in [6.45, 7) is 5.55. The van der Waals surface area contributed by atoms with Gasteiger partial charge in [-0.25, -0.2) is 16.8 Å². The van der Waals surface area contributed by atoms with Crippen molar-refractivity contribution in [2.75, 3.05) is 5.75 Å². The first kappa shape index (κ1) is 27.7. The zero-order valence-corrected chi connectivity index (χ0v) is 19.1. The van der Waals surface area contributed by atoms with Crippen molar-refractivity contribution in [1.82, 2.24) is 0 Å². The average Bonchev–Trinajstić information content (AvgIpc) is 2.54. The van der Waals surface area contributed by atoms with Crippen LogP contribution in [0.1, 0.15) is 72.1 Å². The normalized spacial score (nSPS) is 28.9. The minimum atomic E-state index is -4.00. The standard InChI is InChI=1S/2C7H14O3S.C2H6O3S/c2*1-6-2-4-7(5-3-6)11(8,9)10;1-2-6(3,4)5/h2*6-7H,2-5H2,1H3,(H,8,9,10);2H2,1H3,(H,3,4,5)/p-2. The smallest absolute Gasteiger partial charge is 0.264 e. The Morgan fingerprint density at radius 2 is 0.893 bits per heavy atom. The molecule has 2 aliphatic rings. The lowest BCUT2D eigenvalue weighted by atomic mass is 9.91. The van der Waals surface area contributed by atoms with Gasteiger partial charge in [0.1, 0.15) is 0 Å². The number of hydrogen-bond donors (Lipinski definition) is 1. The Labute approximate surface area is 169 Å². The van der Waals surface area contributed by atoms with Gasteiger partial charge in [0.05, 0.1) is 26.0 Å². The Hall–Kier alpha value is -0.270. The van der Waals surface area contributed by atoms with Crippen molar-refractivity contribution in [3.63, 3.8) is 0 Å². The van der Waals surface area contributed by atoms with Crippen molar-refractivity contribution in [2.45, 2.75) is 82.6 Å². The van der Waals surface area contributed by atoms with Gasteiger partial charge >= 0.3 is 0 Å². The van der Waals surface area contributed by atoms with E-state index in [1.54, 1.807) is 0 Å². The van der Waals surface area contributed by atoms with Gasteiger partial charge in [0.25, 0.3) is 10.1 Å². The van der Waals surface area contributed by atoms with Crippen molar-refractivity contribution in [2.24, 2.45) is 11.8 Å². The largest absolute Gasteiger partial charge is 0.748 e. The maximum absolute atomic E-state index is 10.5. The molecule has 28 heavy (non-hydrogen) atoms. The third-order valence-corrected chi connectivity index (χ3v) is 8.41. The fraction of sp³-hybridized carbons (Fsp3) is 1.00. The topological polar surface area (TPSA) is 169 Å². The van der Waals surface area contributed by atoms with Crippen molar-refractivity contribution >= 4 is 30.4 Å². The van der Waals surface area contributed by atoms with Gasteiger partial charge in [-0.2, -0.15) is 8.42 Å². The molecule has 0 amide bonds. The van der Waals surface area contributed by atoms with E-state index in [0.29, 0.717) is 37.5 Å². The van der Waals surface area contributed by atoms with Crippen molar-refractivity contribution in [3.05, 3.63) is 0 Å². The van der Waals surface area contributed by atoms with E-state index in [-0.39, 0.29) is 5.75 Å². The van der Waals surface area contributed by atoms with Crippen LogP contribution >= 0.6 is 0 Å². The lowest BCUT2D eigenvalue weighted by molar-refractivity contribution is 0.358. The maximum Gasteiger partial charge on any atom is 0.264 e. The molecule has 0 bridgehead atoms. The second-order valence-electron chi connectivity index (χ2n) is 7.62. The first-order chi connectivity index (χ1) is 12.6. The average molecular weight is 465 g/mol. The Kier molecular flexibility index (Phi) is 11.7. The maximum atomic E-state index is 10.5. The first-order valence-corrected chi connectivity index (χ1v) is 14.0. The molecule has 0 heterocycles. The lowest BCUT2D eigenvalue weighted by Gasteiger charge is -2.27. The summed E-state index contributed by atoms with van der Waals surface area (Å²) < 4.78 is 90.1. The monoisotopic (exact) mass is 464 g/mol. The minimum absolute atomic E-state index is 0.201. The van der Waals surface area contributed by atoms with Crippen molar-refractivity contribution < 1.29 is 38.9 Å². The van der Waals surface area contributed by atoms with E-state index in [1.807, 2.05) is 0 Å². The molecular weight excluding hydrogens is 432 g/mol. The van der Waals surface area contributed by atoms with Gasteiger partial charge in [0.15, 0.2) is 0 Å². The molecule has 1 N–H and O–H groups in total. The number of rotatable bonds is 3. The highest BCUT2D eigenvalue weighted by Crippen LogP contribution is 2.28. The summed E-state index contributed by atoms with van der Waals surface area (Å²) >= 11 is 0. The number of hydrogen-bond acceptors (Lipinski definition) is 8. The molecule has 0 atom stereocenters. The highest BCUT2D eigenvalue weighted by atomic mass is 32.2. The van der Waals surface area contributed by atoms with Crippen molar-refractivity contribution in [3.8, 4) is 0 Å². The lowest BCUT2D eigenvalue weighted by Crippen LogP contribution is -2.25. The summed E-state index contributed by atoms with van der Waals surface area (Å²) in [6.07, 6.45) is 5.77. The van der Waals surface area contributed by atoms with Gasteiger partial charge in [-0.15, -0.1) is 0 Å². The SMILES string of the molecule is CC1CCC(S(=O)(=O)[O-])CC1.CC1CCC(S(=O)(=O)[O-])CC1.CCS(=O)(=O)O. The summed E-state index contributed by atoms with van der Waals surface area (Å²) in [5, 5.41) is -1.20. The summed E-state index contributed by atoms with van der Waals surface area (Å²) in [7, 11) is -11.7. The summed E-state index contributed by atoms with van der Waals surface area (Å²) in [4.78, 5) is 0. The molecule has 9 nitrogen and oxygen atoms in total. The molecule has 2 rings (SSSR count). The van der Waals surface area contributed by atoms with Crippen LogP contribution in [0.15, 0.2) is 0 Å². The highest BCUT2D eigenvalue weighted by molar-refractivity contribution is 7.86. The van der Waals surface area contributed by atoms with Gasteiger partial charge in [0, 0.05) is 10.5 Å². The zero-order chi connectivity index (χ0) is 22.2. The molecule has 0 unspecified atom stereocenters. The highest BCUT2D eigenvalue weighted by Gasteiger charge is 2.23. The van der Waals surface area contributed by atoms with Crippen LogP contribution in [-0.2, 0) is 30.4 Å². The van der Waals surface area contributed by atoms with E-state index in [0.717, 1.165) is 25.7 Å². The molecule has 0 aromatic heterocycles. The molecule has 0 aromatic carbocycles. The van der Waals surface area contributed by atoms with Crippen molar-refractivity contribution in [1.29, 1.82) is 0 Å². The quantitative estimate of drug-likeness (QED) is 0.614. The van der Waals surface area contributed by atoms with E-state index in [2.05, 4.69) is 13.8 Å². The predicted molar refractivity (Wildman–Crippen MR) is 104 cm³/mol. The fourth-order valence-corrected chi connectivity index (χ4v) is 4.74. The summed E-state index contributed by atoms with van der Waals surface area (Å²) in [6, 6.07) is 0. The van der Waals surface area contributed by atoms with Crippen LogP contribution in [0.3, 0.4) is 0 Å². The zero-order valence-electron chi connectivity index (χ0n) is 16.6. The Morgan fingerprint density at radius 3 is 1.04 bits per heavy atom. The first-order valence-electron chi connectivity index (χ1n) is 9.40. The van der Waals surface area contributed by atoms with Gasteiger partial charge in [0.2, 0.25) is 0 Å². The molecule has 170 valence electrons. The second-order valence-corrected chi connectivity index (χ2v) is 12.7. The molecule has 0 radical (unpaired) electrons. The third-order valence-electron chi connectivity index (χ3n) is 5.11. The Balaban J connectivity index is 0.000000411. The molecule has 2 saturated carbocycles. The van der Waals surface area contributed by atoms with Crippen LogP contribution < -0.4 is 0 Å². The van der Waals surface area contributed by atoms with Crippen LogP contribution in [0.2, 0.25) is 0 Å². The van der Waals surface area contributed by atoms with E-state index in [9.17, 15) is 34.4 Å². The van der Waals surface area contributed by atoms with Gasteiger partial charge < -0.3 is 9.11 Å². The van der Waals surface area contributed by atoms with Crippen LogP contribution in [0.5, 0.6) is 0 Å². The summed E-state index contributed by atoms with van der Waals surface area (Å²) in [5.41, 5.74) is 0. The van der Waals surface area contributed by atoms with Crippen LogP contribution in [-0.4, -0.2) is 55.2 Å². The van der Waals surface area contributed by atoms with Gasteiger partial charge in [-0.1, -0.05) is 13.8 Å². The molecule has 0 saturated heterocycles. The predicted octanol–water partition coefficient (Wildman–Crippen LogP) is 2.11. The summed E-state index contributed by atoms with van der Waals surface area (Å²) in [5.74, 6) is 0.980. The fourth-order valence-electron chi connectivity index (χ4n) is 3.04. The molecule has 0 aliphatic heterocycles. The third kappa shape index (κ3) is 13.0. The molecule has 12 heteroatoms. The Morgan fingerprint density at radius 1 is 0.679 bits per heavy atom. The van der Waals surface area contributed by atoms with Crippen LogP contribution in [0.4, 0.5) is 0 Å². The molecule has 0 aromatic rings. The van der Waals surface area contributed by atoms with E-state index >= 15 is 0 Å². The van der Waals surface area contributed by atoms with E-state index < -0.39 is 40.9 Å². The van der Waals surface area contributed by atoms with Crippen LogP contribution in [0.25, 0.3) is 0 Å².